The van der Waals surface area contributed by atoms with Crippen LogP contribution < -0.4 is 10.6 Å². The zero-order valence-corrected chi connectivity index (χ0v) is 21.8. The number of hydrogen-bond acceptors (Lipinski definition) is 5. The first-order chi connectivity index (χ1) is 17.2. The molecule has 1 aliphatic heterocycles. The summed E-state index contributed by atoms with van der Waals surface area (Å²) in [4.78, 5) is 25.7. The maximum atomic E-state index is 14.8. The van der Waals surface area contributed by atoms with Crippen LogP contribution >= 0.6 is 0 Å². The average molecular weight is 541 g/mol. The van der Waals surface area contributed by atoms with Crippen LogP contribution in [0.2, 0.25) is 0 Å². The number of alkyl carbamates (subject to hydrolysis) is 1. The van der Waals surface area contributed by atoms with Crippen LogP contribution in [0, 0.1) is 17.5 Å². The Morgan fingerprint density at radius 3 is 2.30 bits per heavy atom. The normalized spacial score (nSPS) is 17.5. The molecule has 1 saturated heterocycles. The SMILES string of the molecule is CC(C)(C)OC(=O)N[C@@H](CC(=O)NC1(c2cc(F)ccc2F)CCS(=O)(=O)CC1)Cc1ccccc1F. The van der Waals surface area contributed by atoms with Gasteiger partial charge < -0.3 is 15.4 Å². The third-order valence-electron chi connectivity index (χ3n) is 6.08. The number of ether oxygens (including phenoxy) is 1. The van der Waals surface area contributed by atoms with Gasteiger partial charge in [-0.15, -0.1) is 0 Å². The van der Waals surface area contributed by atoms with E-state index in [0.29, 0.717) is 0 Å². The van der Waals surface area contributed by atoms with Crippen molar-refractivity contribution in [3.63, 3.8) is 0 Å². The molecule has 1 atom stereocenters. The first-order valence-corrected chi connectivity index (χ1v) is 13.7. The van der Waals surface area contributed by atoms with E-state index in [1.807, 2.05) is 0 Å². The molecule has 0 spiro atoms. The topological polar surface area (TPSA) is 102 Å². The molecule has 1 fully saturated rings. The van der Waals surface area contributed by atoms with Gasteiger partial charge in [-0.1, -0.05) is 18.2 Å². The van der Waals surface area contributed by atoms with Crippen molar-refractivity contribution in [1.29, 1.82) is 0 Å². The number of amides is 2. The molecule has 1 aliphatic rings. The monoisotopic (exact) mass is 540 g/mol. The lowest BCUT2D eigenvalue weighted by Crippen LogP contribution is -2.53. The molecule has 2 amide bonds. The molecular formula is C26H31F3N2O5S. The first kappa shape index (κ1) is 28.5. The van der Waals surface area contributed by atoms with Crippen molar-refractivity contribution in [3.8, 4) is 0 Å². The van der Waals surface area contributed by atoms with Gasteiger partial charge in [0.2, 0.25) is 5.91 Å². The first-order valence-electron chi connectivity index (χ1n) is 11.9. The van der Waals surface area contributed by atoms with Crippen molar-refractivity contribution in [2.45, 2.75) is 63.6 Å². The second kappa shape index (κ2) is 11.1. The molecular weight excluding hydrogens is 509 g/mol. The minimum absolute atomic E-state index is 0.0466. The minimum Gasteiger partial charge on any atom is -0.444 e. The van der Waals surface area contributed by atoms with Gasteiger partial charge in [0.15, 0.2) is 9.84 Å². The molecule has 3 rings (SSSR count). The predicted molar refractivity (Wildman–Crippen MR) is 132 cm³/mol. The lowest BCUT2D eigenvalue weighted by molar-refractivity contribution is -0.123. The molecule has 2 aromatic rings. The van der Waals surface area contributed by atoms with Gasteiger partial charge in [0.25, 0.3) is 0 Å². The zero-order valence-electron chi connectivity index (χ0n) is 20.9. The Morgan fingerprint density at radius 1 is 1.03 bits per heavy atom. The van der Waals surface area contributed by atoms with E-state index in [2.05, 4.69) is 10.6 Å². The van der Waals surface area contributed by atoms with Crippen LogP contribution in [0.15, 0.2) is 42.5 Å². The van der Waals surface area contributed by atoms with E-state index < -0.39 is 56.5 Å². The molecule has 0 unspecified atom stereocenters. The van der Waals surface area contributed by atoms with Gasteiger partial charge in [0.05, 0.1) is 17.0 Å². The van der Waals surface area contributed by atoms with Crippen molar-refractivity contribution in [3.05, 3.63) is 71.0 Å². The highest BCUT2D eigenvalue weighted by Gasteiger charge is 2.42. The Labute approximate surface area is 214 Å². The summed E-state index contributed by atoms with van der Waals surface area (Å²) >= 11 is 0. The van der Waals surface area contributed by atoms with Gasteiger partial charge in [0.1, 0.15) is 23.1 Å². The third kappa shape index (κ3) is 7.95. The van der Waals surface area contributed by atoms with E-state index in [1.54, 1.807) is 26.8 Å². The number of hydrogen-bond donors (Lipinski definition) is 2. The molecule has 2 N–H and O–H groups in total. The standard InChI is InChI=1S/C26H31F3N2O5S/c1-25(2,3)36-24(33)30-19(14-17-6-4-5-7-21(17)28)16-23(32)31-26(10-12-37(34,35)13-11-26)20-15-18(27)8-9-22(20)29/h4-9,15,19H,10-14,16H2,1-3H3,(H,30,33)(H,31,32)/t19-/m1/s1. The molecule has 0 aromatic heterocycles. The summed E-state index contributed by atoms with van der Waals surface area (Å²) < 4.78 is 72.6. The van der Waals surface area contributed by atoms with Crippen molar-refractivity contribution in [2.75, 3.05) is 11.5 Å². The summed E-state index contributed by atoms with van der Waals surface area (Å²) in [5.41, 5.74) is -2.18. The van der Waals surface area contributed by atoms with E-state index in [-0.39, 0.29) is 48.3 Å². The van der Waals surface area contributed by atoms with E-state index in [9.17, 15) is 31.2 Å². The van der Waals surface area contributed by atoms with Crippen LogP contribution in [0.5, 0.6) is 0 Å². The quantitative estimate of drug-likeness (QED) is 0.550. The van der Waals surface area contributed by atoms with Crippen LogP contribution in [-0.4, -0.2) is 43.6 Å². The molecule has 11 heteroatoms. The van der Waals surface area contributed by atoms with Gasteiger partial charge in [-0.2, -0.15) is 0 Å². The highest BCUT2D eigenvalue weighted by Crippen LogP contribution is 2.36. The van der Waals surface area contributed by atoms with Crippen molar-refractivity contribution >= 4 is 21.8 Å². The molecule has 2 aromatic carbocycles. The van der Waals surface area contributed by atoms with E-state index in [1.165, 1.54) is 18.2 Å². The van der Waals surface area contributed by atoms with Crippen LogP contribution in [-0.2, 0) is 31.3 Å². The zero-order chi connectivity index (χ0) is 27.4. The average Bonchev–Trinajstić information content (AvgIpc) is 2.77. The van der Waals surface area contributed by atoms with Gasteiger partial charge in [-0.05, 0) is 69.9 Å². The molecule has 0 aliphatic carbocycles. The highest BCUT2D eigenvalue weighted by atomic mass is 32.2. The number of halogens is 3. The number of carbonyl (C=O) groups is 2. The number of rotatable bonds is 7. The lowest BCUT2D eigenvalue weighted by atomic mass is 9.83. The maximum Gasteiger partial charge on any atom is 0.407 e. The number of sulfone groups is 1. The fourth-order valence-corrected chi connectivity index (χ4v) is 5.86. The molecule has 7 nitrogen and oxygen atoms in total. The smallest absolute Gasteiger partial charge is 0.407 e. The summed E-state index contributed by atoms with van der Waals surface area (Å²) in [5.74, 6) is -3.33. The number of benzene rings is 2. The summed E-state index contributed by atoms with van der Waals surface area (Å²) in [5, 5.41) is 5.30. The van der Waals surface area contributed by atoms with Crippen LogP contribution in [0.4, 0.5) is 18.0 Å². The lowest BCUT2D eigenvalue weighted by Gasteiger charge is -2.39. The van der Waals surface area contributed by atoms with Crippen LogP contribution in [0.3, 0.4) is 0 Å². The van der Waals surface area contributed by atoms with E-state index in [0.717, 1.165) is 18.2 Å². The van der Waals surface area contributed by atoms with Gasteiger partial charge in [-0.25, -0.2) is 26.4 Å². The van der Waals surface area contributed by atoms with E-state index in [4.69, 9.17) is 4.74 Å². The second-order valence-corrected chi connectivity index (χ2v) is 12.6. The Hall–Kier alpha value is -3.08. The minimum atomic E-state index is -3.41. The Bertz CT molecular complexity index is 1250. The van der Waals surface area contributed by atoms with Crippen LogP contribution in [0.1, 0.15) is 51.2 Å². The fourth-order valence-electron chi connectivity index (χ4n) is 4.33. The Morgan fingerprint density at radius 2 is 1.68 bits per heavy atom. The van der Waals surface area contributed by atoms with Crippen molar-refractivity contribution < 1.29 is 35.9 Å². The van der Waals surface area contributed by atoms with Gasteiger partial charge in [-0.3, -0.25) is 4.79 Å². The summed E-state index contributed by atoms with van der Waals surface area (Å²) in [7, 11) is -3.41. The second-order valence-electron chi connectivity index (χ2n) is 10.2. The Kier molecular flexibility index (Phi) is 8.56. The predicted octanol–water partition coefficient (Wildman–Crippen LogP) is 4.15. The molecule has 0 bridgehead atoms. The van der Waals surface area contributed by atoms with Gasteiger partial charge >= 0.3 is 6.09 Å². The molecule has 202 valence electrons. The summed E-state index contributed by atoms with van der Waals surface area (Å²) in [6, 6.07) is 7.80. The van der Waals surface area contributed by atoms with E-state index >= 15 is 0 Å². The number of nitrogens with one attached hydrogen (secondary N) is 2. The van der Waals surface area contributed by atoms with Crippen LogP contribution in [0.25, 0.3) is 0 Å². The molecule has 1 heterocycles. The van der Waals surface area contributed by atoms with Gasteiger partial charge in [0, 0.05) is 18.0 Å². The number of carbonyl (C=O) groups excluding carboxylic acids is 2. The molecule has 0 saturated carbocycles. The maximum absolute atomic E-state index is 14.8. The summed E-state index contributed by atoms with van der Waals surface area (Å²) in [6.07, 6.45) is -1.51. The fraction of sp³-hybridized carbons (Fsp3) is 0.462. The Balaban J connectivity index is 1.86. The molecule has 37 heavy (non-hydrogen) atoms. The summed E-state index contributed by atoms with van der Waals surface area (Å²) in [6.45, 7) is 5.00. The van der Waals surface area contributed by atoms with Crippen molar-refractivity contribution in [1.82, 2.24) is 10.6 Å². The van der Waals surface area contributed by atoms with Crippen molar-refractivity contribution in [2.24, 2.45) is 0 Å². The third-order valence-corrected chi connectivity index (χ3v) is 7.73. The molecule has 0 radical (unpaired) electrons. The highest BCUT2D eigenvalue weighted by molar-refractivity contribution is 7.91. The largest absolute Gasteiger partial charge is 0.444 e.